The van der Waals surface area contributed by atoms with E-state index in [4.69, 9.17) is 11.7 Å². The minimum atomic E-state index is 0.652. The minimum Gasteiger partial charge on any atom is -0.271 e. The van der Waals surface area contributed by atoms with Crippen molar-refractivity contribution in [2.75, 3.05) is 0 Å². The molecular weight excluding hydrogens is 200 g/mol. The number of benzene rings is 2. The molecule has 16 heavy (non-hydrogen) atoms. The fourth-order valence-corrected chi connectivity index (χ4v) is 2.02. The van der Waals surface area contributed by atoms with E-state index in [0.29, 0.717) is 13.1 Å². The Bertz CT molecular complexity index is 441. The molecular formula is C12H16N4. The van der Waals surface area contributed by atoms with Gasteiger partial charge in [0, 0.05) is 13.1 Å². The fraction of sp³-hybridized carbons (Fsp3) is 0.167. The normalized spacial score (nSPS) is 10.9. The maximum atomic E-state index is 5.39. The summed E-state index contributed by atoms with van der Waals surface area (Å²) in [4.78, 5) is 0. The van der Waals surface area contributed by atoms with E-state index in [1.807, 2.05) is 12.1 Å². The third-order valence-corrected chi connectivity index (χ3v) is 2.66. The van der Waals surface area contributed by atoms with Crippen LogP contribution in [0.25, 0.3) is 10.8 Å². The quantitative estimate of drug-likeness (QED) is 0.450. The van der Waals surface area contributed by atoms with Crippen LogP contribution in [0.4, 0.5) is 0 Å². The van der Waals surface area contributed by atoms with Crippen LogP contribution in [0, 0.1) is 0 Å². The van der Waals surface area contributed by atoms with Gasteiger partial charge < -0.3 is 0 Å². The van der Waals surface area contributed by atoms with Crippen LogP contribution in [0.3, 0.4) is 0 Å². The zero-order chi connectivity index (χ0) is 11.4. The lowest BCUT2D eigenvalue weighted by Gasteiger charge is -2.11. The lowest BCUT2D eigenvalue weighted by atomic mass is 9.99. The molecule has 4 heteroatoms. The maximum Gasteiger partial charge on any atom is 0.0354 e. The molecule has 2 aromatic rings. The SMILES string of the molecule is NNCc1cccc2cccc(CNN)c12. The first-order chi connectivity index (χ1) is 7.86. The molecule has 0 bridgehead atoms. The summed E-state index contributed by atoms with van der Waals surface area (Å²) in [7, 11) is 0. The molecule has 0 aliphatic rings. The topological polar surface area (TPSA) is 76.1 Å². The summed E-state index contributed by atoms with van der Waals surface area (Å²) in [5, 5.41) is 2.43. The highest BCUT2D eigenvalue weighted by molar-refractivity contribution is 5.88. The van der Waals surface area contributed by atoms with Crippen molar-refractivity contribution in [2.24, 2.45) is 11.7 Å². The van der Waals surface area contributed by atoms with Gasteiger partial charge in [-0.05, 0) is 21.9 Å². The van der Waals surface area contributed by atoms with Crippen molar-refractivity contribution in [3.05, 3.63) is 47.5 Å². The van der Waals surface area contributed by atoms with Gasteiger partial charge in [0.25, 0.3) is 0 Å². The monoisotopic (exact) mass is 216 g/mol. The lowest BCUT2D eigenvalue weighted by Crippen LogP contribution is -2.22. The van der Waals surface area contributed by atoms with Gasteiger partial charge in [-0.1, -0.05) is 36.4 Å². The maximum absolute atomic E-state index is 5.39. The van der Waals surface area contributed by atoms with E-state index in [1.165, 1.54) is 21.9 Å². The van der Waals surface area contributed by atoms with Crippen molar-refractivity contribution in [2.45, 2.75) is 13.1 Å². The first-order valence-corrected chi connectivity index (χ1v) is 5.23. The van der Waals surface area contributed by atoms with E-state index < -0.39 is 0 Å². The second-order valence-corrected chi connectivity index (χ2v) is 3.69. The van der Waals surface area contributed by atoms with Crippen LogP contribution >= 0.6 is 0 Å². The summed E-state index contributed by atoms with van der Waals surface area (Å²) in [6.45, 7) is 1.30. The van der Waals surface area contributed by atoms with Crippen LogP contribution in [0.15, 0.2) is 36.4 Å². The Morgan fingerprint density at radius 3 is 1.75 bits per heavy atom. The molecule has 0 unspecified atom stereocenters. The third kappa shape index (κ3) is 2.05. The summed E-state index contributed by atoms with van der Waals surface area (Å²) < 4.78 is 0. The van der Waals surface area contributed by atoms with Crippen LogP contribution in [0.2, 0.25) is 0 Å². The van der Waals surface area contributed by atoms with Crippen molar-refractivity contribution in [1.29, 1.82) is 0 Å². The number of rotatable bonds is 4. The zero-order valence-electron chi connectivity index (χ0n) is 9.03. The summed E-state index contributed by atoms with van der Waals surface area (Å²) >= 11 is 0. The van der Waals surface area contributed by atoms with Crippen molar-refractivity contribution in [3.8, 4) is 0 Å². The molecule has 0 saturated heterocycles. The lowest BCUT2D eigenvalue weighted by molar-refractivity contribution is 0.735. The summed E-state index contributed by atoms with van der Waals surface area (Å²) in [5.74, 6) is 10.8. The predicted octanol–water partition coefficient (Wildman–Crippen LogP) is 0.766. The summed E-state index contributed by atoms with van der Waals surface area (Å²) in [6.07, 6.45) is 0. The second kappa shape index (κ2) is 5.05. The second-order valence-electron chi connectivity index (χ2n) is 3.69. The molecule has 0 heterocycles. The van der Waals surface area contributed by atoms with Crippen molar-refractivity contribution < 1.29 is 0 Å². The molecule has 2 rings (SSSR count). The van der Waals surface area contributed by atoms with Crippen LogP contribution in [-0.4, -0.2) is 0 Å². The Balaban J connectivity index is 2.61. The van der Waals surface area contributed by atoms with Crippen molar-refractivity contribution in [3.63, 3.8) is 0 Å². The van der Waals surface area contributed by atoms with Gasteiger partial charge in [0.1, 0.15) is 0 Å². The van der Waals surface area contributed by atoms with E-state index >= 15 is 0 Å². The number of hydrogen-bond donors (Lipinski definition) is 4. The first-order valence-electron chi connectivity index (χ1n) is 5.23. The van der Waals surface area contributed by atoms with Gasteiger partial charge in [-0.25, -0.2) is 0 Å². The molecule has 0 saturated carbocycles. The van der Waals surface area contributed by atoms with Crippen molar-refractivity contribution in [1.82, 2.24) is 10.9 Å². The van der Waals surface area contributed by atoms with Crippen LogP contribution in [-0.2, 0) is 13.1 Å². The number of nitrogens with one attached hydrogen (secondary N) is 2. The van der Waals surface area contributed by atoms with Crippen LogP contribution in [0.1, 0.15) is 11.1 Å². The minimum absolute atomic E-state index is 0.652. The molecule has 0 radical (unpaired) electrons. The molecule has 0 spiro atoms. The number of hydrogen-bond acceptors (Lipinski definition) is 4. The van der Waals surface area contributed by atoms with E-state index in [1.54, 1.807) is 0 Å². The standard InChI is InChI=1S/C12H16N4/c13-15-7-10-5-1-3-9-4-2-6-11(8-16-14)12(9)10/h1-6,15-16H,7-8,13-14H2. The largest absolute Gasteiger partial charge is 0.271 e. The van der Waals surface area contributed by atoms with Gasteiger partial charge in [-0.15, -0.1) is 0 Å². The Morgan fingerprint density at radius 1 is 0.812 bits per heavy atom. The molecule has 0 aliphatic heterocycles. The van der Waals surface area contributed by atoms with Gasteiger partial charge in [0.15, 0.2) is 0 Å². The van der Waals surface area contributed by atoms with Crippen molar-refractivity contribution >= 4 is 10.8 Å². The fourth-order valence-electron chi connectivity index (χ4n) is 2.02. The van der Waals surface area contributed by atoms with Gasteiger partial charge in [-0.2, -0.15) is 0 Å². The van der Waals surface area contributed by atoms with Gasteiger partial charge in [-0.3, -0.25) is 22.5 Å². The molecule has 2 aromatic carbocycles. The van der Waals surface area contributed by atoms with Gasteiger partial charge in [0.2, 0.25) is 0 Å². The Hall–Kier alpha value is -1.46. The average Bonchev–Trinajstić information content (AvgIpc) is 2.30. The average molecular weight is 216 g/mol. The van der Waals surface area contributed by atoms with Gasteiger partial charge >= 0.3 is 0 Å². The summed E-state index contributed by atoms with van der Waals surface area (Å²) in [5.41, 5.74) is 7.76. The Kier molecular flexibility index (Phi) is 3.48. The third-order valence-electron chi connectivity index (χ3n) is 2.66. The van der Waals surface area contributed by atoms with E-state index in [9.17, 15) is 0 Å². The van der Waals surface area contributed by atoms with Crippen LogP contribution < -0.4 is 22.5 Å². The molecule has 6 N–H and O–H groups in total. The summed E-state index contributed by atoms with van der Waals surface area (Å²) in [6, 6.07) is 12.4. The van der Waals surface area contributed by atoms with E-state index in [-0.39, 0.29) is 0 Å². The molecule has 0 fully saturated rings. The number of nitrogens with two attached hydrogens (primary N) is 2. The zero-order valence-corrected chi connectivity index (χ0v) is 9.03. The highest BCUT2D eigenvalue weighted by Crippen LogP contribution is 2.22. The number of fused-ring (bicyclic) bond motifs is 1. The Morgan fingerprint density at radius 2 is 1.31 bits per heavy atom. The smallest absolute Gasteiger partial charge is 0.0354 e. The van der Waals surface area contributed by atoms with Crippen LogP contribution in [0.5, 0.6) is 0 Å². The predicted molar refractivity (Wildman–Crippen MR) is 66.0 cm³/mol. The Labute approximate surface area is 94.6 Å². The highest BCUT2D eigenvalue weighted by atomic mass is 15.2. The van der Waals surface area contributed by atoms with Gasteiger partial charge in [0.05, 0.1) is 0 Å². The molecule has 0 atom stereocenters. The molecule has 4 nitrogen and oxygen atoms in total. The number of hydrazine groups is 2. The molecule has 0 aliphatic carbocycles. The molecule has 0 amide bonds. The highest BCUT2D eigenvalue weighted by Gasteiger charge is 2.04. The van der Waals surface area contributed by atoms with E-state index in [2.05, 4.69) is 35.1 Å². The molecule has 0 aromatic heterocycles. The van der Waals surface area contributed by atoms with E-state index in [0.717, 1.165) is 0 Å². The first kappa shape index (κ1) is 11.0. The molecule has 84 valence electrons.